The lowest BCUT2D eigenvalue weighted by atomic mass is 10.4. The first-order valence-electron chi connectivity index (χ1n) is 2.61. The van der Waals surface area contributed by atoms with Crippen molar-refractivity contribution in [2.75, 3.05) is 0 Å². The number of nitrogens with one attached hydrogen (secondary N) is 1. The van der Waals surface area contributed by atoms with Crippen molar-refractivity contribution in [3.8, 4) is 0 Å². The molecule has 0 unspecified atom stereocenters. The van der Waals surface area contributed by atoms with Crippen LogP contribution in [0.3, 0.4) is 0 Å². The van der Waals surface area contributed by atoms with Gasteiger partial charge in [0.1, 0.15) is 0 Å². The highest BCUT2D eigenvalue weighted by molar-refractivity contribution is 5.66. The highest BCUT2D eigenvalue weighted by atomic mass is 16.4. The van der Waals surface area contributed by atoms with Gasteiger partial charge < -0.3 is 10.8 Å². The van der Waals surface area contributed by atoms with E-state index in [4.69, 9.17) is 10.5 Å². The molecule has 0 saturated carbocycles. The van der Waals surface area contributed by atoms with E-state index < -0.39 is 5.97 Å². The molecule has 54 valence electrons. The molecule has 0 fully saturated rings. The maximum Gasteiger partial charge on any atom is 0.303 e. The minimum absolute atomic E-state index is 0.292. The van der Waals surface area contributed by atoms with Crippen molar-refractivity contribution in [2.45, 2.75) is 19.8 Å². The maximum atomic E-state index is 9.60. The molecule has 0 aromatic rings. The first kappa shape index (κ1) is 10.8. The highest BCUT2D eigenvalue weighted by Crippen LogP contribution is 1.82. The Labute approximate surface area is 54.2 Å². The summed E-state index contributed by atoms with van der Waals surface area (Å²) in [6, 6.07) is 0. The summed E-state index contributed by atoms with van der Waals surface area (Å²) in [4.78, 5) is 9.60. The lowest BCUT2D eigenvalue weighted by Crippen LogP contribution is -1.90. The monoisotopic (exact) mass is 132 g/mol. The number of nitrogens with two attached hydrogens (primary N) is 1. The Morgan fingerprint density at radius 1 is 1.89 bits per heavy atom. The Morgan fingerprint density at radius 2 is 2.22 bits per heavy atom. The van der Waals surface area contributed by atoms with Crippen molar-refractivity contribution in [3.63, 3.8) is 0 Å². The molecular weight excluding hydrogens is 120 g/mol. The molecule has 0 rings (SSSR count). The summed E-state index contributed by atoms with van der Waals surface area (Å²) in [5.74, 6) is -0.711. The summed E-state index contributed by atoms with van der Waals surface area (Å²) < 4.78 is 0. The molecule has 0 aliphatic rings. The summed E-state index contributed by atoms with van der Waals surface area (Å²) in [7, 11) is 0. The molecule has 4 heteroatoms. The molecule has 0 heterocycles. The maximum absolute atomic E-state index is 9.60. The molecule has 4 nitrogen and oxygen atoms in total. The SMILES string of the molecule is CCCC(=O)O.N=CN. The number of carbonyl (C=O) groups is 1. The fourth-order valence-electron chi connectivity index (χ4n) is 0.214. The van der Waals surface area contributed by atoms with Gasteiger partial charge in [-0.1, -0.05) is 6.92 Å². The van der Waals surface area contributed by atoms with Crippen molar-refractivity contribution < 1.29 is 9.90 Å². The van der Waals surface area contributed by atoms with Crippen molar-refractivity contribution in [2.24, 2.45) is 5.73 Å². The zero-order valence-electron chi connectivity index (χ0n) is 5.42. The van der Waals surface area contributed by atoms with E-state index in [9.17, 15) is 4.79 Å². The lowest BCUT2D eigenvalue weighted by molar-refractivity contribution is -0.137. The van der Waals surface area contributed by atoms with Gasteiger partial charge in [0, 0.05) is 6.42 Å². The van der Waals surface area contributed by atoms with Crippen LogP contribution in [0.15, 0.2) is 0 Å². The van der Waals surface area contributed by atoms with Gasteiger partial charge in [-0.3, -0.25) is 10.2 Å². The predicted octanol–water partition coefficient (Wildman–Crippen LogP) is 0.423. The summed E-state index contributed by atoms with van der Waals surface area (Å²) in [5, 5.41) is 13.8. The van der Waals surface area contributed by atoms with Gasteiger partial charge in [-0.15, -0.1) is 0 Å². The predicted molar refractivity (Wildman–Crippen MR) is 35.5 cm³/mol. The van der Waals surface area contributed by atoms with Crippen molar-refractivity contribution in [3.05, 3.63) is 0 Å². The first-order valence-corrected chi connectivity index (χ1v) is 2.61. The molecule has 0 bridgehead atoms. The normalized spacial score (nSPS) is 6.78. The van der Waals surface area contributed by atoms with E-state index >= 15 is 0 Å². The number of carboxylic acids is 1. The number of hydrogen-bond donors (Lipinski definition) is 3. The summed E-state index contributed by atoms with van der Waals surface area (Å²) in [6.45, 7) is 1.84. The van der Waals surface area contributed by atoms with Crippen LogP contribution >= 0.6 is 0 Å². The number of rotatable bonds is 2. The van der Waals surface area contributed by atoms with Crippen LogP contribution in [0.25, 0.3) is 0 Å². The number of hydrogen-bond acceptors (Lipinski definition) is 2. The molecule has 0 aromatic carbocycles. The molecule has 0 aromatic heterocycles. The number of carboxylic acid groups (broad SMARTS) is 1. The Balaban J connectivity index is 0. The van der Waals surface area contributed by atoms with Crippen LogP contribution in [0.4, 0.5) is 0 Å². The van der Waals surface area contributed by atoms with E-state index in [1.807, 2.05) is 6.92 Å². The van der Waals surface area contributed by atoms with Crippen LogP contribution < -0.4 is 5.73 Å². The van der Waals surface area contributed by atoms with Gasteiger partial charge in [-0.25, -0.2) is 0 Å². The fraction of sp³-hybridized carbons (Fsp3) is 0.600. The summed E-state index contributed by atoms with van der Waals surface area (Å²) in [6.07, 6.45) is 1.77. The zero-order chi connectivity index (χ0) is 7.70. The third kappa shape index (κ3) is 45.0. The third-order valence-electron chi connectivity index (χ3n) is 0.464. The smallest absolute Gasteiger partial charge is 0.303 e. The Hall–Kier alpha value is -1.06. The zero-order valence-corrected chi connectivity index (χ0v) is 5.42. The topological polar surface area (TPSA) is 87.2 Å². The average molecular weight is 132 g/mol. The third-order valence-corrected chi connectivity index (χ3v) is 0.464. The molecule has 9 heavy (non-hydrogen) atoms. The molecule has 0 radical (unpaired) electrons. The molecule has 0 aliphatic heterocycles. The van der Waals surface area contributed by atoms with E-state index in [2.05, 4.69) is 5.73 Å². The minimum Gasteiger partial charge on any atom is -0.481 e. The van der Waals surface area contributed by atoms with Crippen LogP contribution in [0.2, 0.25) is 0 Å². The van der Waals surface area contributed by atoms with Crippen molar-refractivity contribution in [1.82, 2.24) is 0 Å². The Kier molecular flexibility index (Phi) is 12.1. The lowest BCUT2D eigenvalue weighted by Gasteiger charge is -1.79. The van der Waals surface area contributed by atoms with Crippen LogP contribution in [-0.2, 0) is 4.79 Å². The van der Waals surface area contributed by atoms with Gasteiger partial charge in [-0.2, -0.15) is 0 Å². The Bertz CT molecular complexity index is 83.0. The summed E-state index contributed by atoms with van der Waals surface area (Å²) >= 11 is 0. The van der Waals surface area contributed by atoms with Crippen LogP contribution in [0.1, 0.15) is 19.8 Å². The second-order valence-corrected chi connectivity index (χ2v) is 1.31. The van der Waals surface area contributed by atoms with Gasteiger partial charge in [0.25, 0.3) is 0 Å². The minimum atomic E-state index is -0.711. The van der Waals surface area contributed by atoms with Crippen molar-refractivity contribution in [1.29, 1.82) is 5.41 Å². The summed E-state index contributed by atoms with van der Waals surface area (Å²) in [5.41, 5.74) is 4.39. The van der Waals surface area contributed by atoms with E-state index in [0.717, 1.165) is 12.8 Å². The van der Waals surface area contributed by atoms with Gasteiger partial charge in [0.15, 0.2) is 0 Å². The van der Waals surface area contributed by atoms with Gasteiger partial charge >= 0.3 is 5.97 Å². The molecule has 4 N–H and O–H groups in total. The van der Waals surface area contributed by atoms with Gasteiger partial charge in [0.05, 0.1) is 6.34 Å². The second-order valence-electron chi connectivity index (χ2n) is 1.31. The van der Waals surface area contributed by atoms with E-state index in [0.29, 0.717) is 6.42 Å². The van der Waals surface area contributed by atoms with Gasteiger partial charge in [0.2, 0.25) is 0 Å². The molecule has 0 aliphatic carbocycles. The first-order chi connectivity index (χ1) is 4.18. The Morgan fingerprint density at radius 3 is 2.22 bits per heavy atom. The van der Waals surface area contributed by atoms with Crippen LogP contribution in [-0.4, -0.2) is 17.4 Å². The molecule has 0 amide bonds. The van der Waals surface area contributed by atoms with E-state index in [-0.39, 0.29) is 0 Å². The second kappa shape index (κ2) is 10.0. The molecule has 0 saturated heterocycles. The van der Waals surface area contributed by atoms with Crippen LogP contribution in [0, 0.1) is 5.41 Å². The standard InChI is InChI=1S/C4H8O2.CH4N2/c1-2-3-4(5)6;2-1-3/h2-3H2,1H3,(H,5,6);1H,(H3,2,3). The fourth-order valence-corrected chi connectivity index (χ4v) is 0.214. The average Bonchev–Trinajstić information content (AvgIpc) is 1.67. The van der Waals surface area contributed by atoms with E-state index in [1.165, 1.54) is 0 Å². The quantitative estimate of drug-likeness (QED) is 0.376. The number of aliphatic carboxylic acids is 1. The largest absolute Gasteiger partial charge is 0.481 e. The van der Waals surface area contributed by atoms with E-state index in [1.54, 1.807) is 0 Å². The van der Waals surface area contributed by atoms with Crippen molar-refractivity contribution >= 4 is 12.3 Å². The van der Waals surface area contributed by atoms with Crippen LogP contribution in [0.5, 0.6) is 0 Å². The molecule has 0 atom stereocenters. The molecular formula is C5H12N2O2. The highest BCUT2D eigenvalue weighted by Gasteiger charge is 1.87. The molecule has 0 spiro atoms. The van der Waals surface area contributed by atoms with Gasteiger partial charge in [-0.05, 0) is 6.42 Å².